The van der Waals surface area contributed by atoms with Gasteiger partial charge in [0.25, 0.3) is 0 Å². The Bertz CT molecular complexity index is 497. The van der Waals surface area contributed by atoms with E-state index in [2.05, 4.69) is 36.3 Å². The SMILES string of the molecule is CCC(C)c1ccc(NC(N)=NCC(O)COCC2CC2)cc1. The molecule has 0 spiro atoms. The molecule has 0 saturated heterocycles. The van der Waals surface area contributed by atoms with Crippen molar-refractivity contribution in [2.24, 2.45) is 16.6 Å². The minimum atomic E-state index is -0.609. The summed E-state index contributed by atoms with van der Waals surface area (Å²) in [6.45, 7) is 5.70. The minimum Gasteiger partial charge on any atom is -0.389 e. The number of guanidine groups is 1. The summed E-state index contributed by atoms with van der Waals surface area (Å²) in [7, 11) is 0. The van der Waals surface area contributed by atoms with E-state index >= 15 is 0 Å². The van der Waals surface area contributed by atoms with Gasteiger partial charge in [-0.15, -0.1) is 0 Å². The van der Waals surface area contributed by atoms with Gasteiger partial charge in [-0.05, 0) is 48.8 Å². The number of aliphatic imine (C=N–C) groups is 1. The lowest BCUT2D eigenvalue weighted by Crippen LogP contribution is -2.26. The molecule has 5 heteroatoms. The molecule has 0 aromatic heterocycles. The number of ether oxygens (including phenoxy) is 1. The number of hydrogen-bond acceptors (Lipinski definition) is 3. The Hall–Kier alpha value is -1.59. The first kappa shape index (κ1) is 17.8. The molecule has 5 nitrogen and oxygen atoms in total. The van der Waals surface area contributed by atoms with Crippen LogP contribution in [0.5, 0.6) is 0 Å². The molecule has 0 aliphatic heterocycles. The van der Waals surface area contributed by atoms with Crippen molar-refractivity contribution in [3.8, 4) is 0 Å². The average Bonchev–Trinajstić information content (AvgIpc) is 3.37. The smallest absolute Gasteiger partial charge is 0.193 e. The molecule has 1 aromatic rings. The van der Waals surface area contributed by atoms with Crippen molar-refractivity contribution in [3.63, 3.8) is 0 Å². The Morgan fingerprint density at radius 3 is 2.70 bits per heavy atom. The number of anilines is 1. The van der Waals surface area contributed by atoms with Crippen molar-refractivity contribution < 1.29 is 9.84 Å². The van der Waals surface area contributed by atoms with Crippen LogP contribution >= 0.6 is 0 Å². The van der Waals surface area contributed by atoms with Gasteiger partial charge in [-0.1, -0.05) is 26.0 Å². The number of hydrogen-bond donors (Lipinski definition) is 3. The predicted molar refractivity (Wildman–Crippen MR) is 94.8 cm³/mol. The topological polar surface area (TPSA) is 79.9 Å². The highest BCUT2D eigenvalue weighted by Gasteiger charge is 2.21. The Balaban J connectivity index is 1.72. The number of rotatable bonds is 9. The van der Waals surface area contributed by atoms with E-state index in [9.17, 15) is 5.11 Å². The molecule has 1 fully saturated rings. The van der Waals surface area contributed by atoms with E-state index in [0.717, 1.165) is 18.7 Å². The van der Waals surface area contributed by atoms with Crippen LogP contribution in [0.15, 0.2) is 29.3 Å². The van der Waals surface area contributed by atoms with Crippen LogP contribution in [0, 0.1) is 5.92 Å². The quantitative estimate of drug-likeness (QED) is 0.483. The number of benzene rings is 1. The minimum absolute atomic E-state index is 0.244. The molecule has 128 valence electrons. The zero-order valence-corrected chi connectivity index (χ0v) is 14.2. The number of nitrogens with zero attached hydrogens (tertiary/aromatic N) is 1. The van der Waals surface area contributed by atoms with Crippen molar-refractivity contribution in [3.05, 3.63) is 29.8 Å². The molecule has 1 aliphatic rings. The van der Waals surface area contributed by atoms with Crippen molar-refractivity contribution in [2.45, 2.75) is 45.1 Å². The van der Waals surface area contributed by atoms with Crippen LogP contribution in [0.1, 0.15) is 44.6 Å². The fourth-order valence-electron chi connectivity index (χ4n) is 2.23. The summed E-state index contributed by atoms with van der Waals surface area (Å²) in [6.07, 6.45) is 3.01. The summed E-state index contributed by atoms with van der Waals surface area (Å²) in [6, 6.07) is 8.20. The second kappa shape index (κ2) is 8.89. The third-order valence-electron chi connectivity index (χ3n) is 4.20. The van der Waals surface area contributed by atoms with Gasteiger partial charge >= 0.3 is 0 Å². The van der Waals surface area contributed by atoms with E-state index < -0.39 is 6.10 Å². The number of aliphatic hydroxyl groups is 1. The second-order valence-electron chi connectivity index (χ2n) is 6.42. The van der Waals surface area contributed by atoms with Crippen LogP contribution in [0.3, 0.4) is 0 Å². The van der Waals surface area contributed by atoms with Crippen molar-refractivity contribution >= 4 is 11.6 Å². The molecule has 0 amide bonds. The summed E-state index contributed by atoms with van der Waals surface area (Å²) >= 11 is 0. The third-order valence-corrected chi connectivity index (χ3v) is 4.20. The van der Waals surface area contributed by atoms with E-state index in [1.165, 1.54) is 18.4 Å². The van der Waals surface area contributed by atoms with Gasteiger partial charge in [0.15, 0.2) is 5.96 Å². The van der Waals surface area contributed by atoms with Gasteiger partial charge in [0.05, 0.1) is 19.3 Å². The Morgan fingerprint density at radius 1 is 1.39 bits per heavy atom. The summed E-state index contributed by atoms with van der Waals surface area (Å²) in [4.78, 5) is 4.16. The van der Waals surface area contributed by atoms with Gasteiger partial charge in [-0.25, -0.2) is 0 Å². The molecular weight excluding hydrogens is 290 g/mol. The van der Waals surface area contributed by atoms with Crippen LogP contribution in [0.25, 0.3) is 0 Å². The number of nitrogens with two attached hydrogens (primary N) is 1. The van der Waals surface area contributed by atoms with Gasteiger partial charge in [0.1, 0.15) is 0 Å². The fourth-order valence-corrected chi connectivity index (χ4v) is 2.23. The standard InChI is InChI=1S/C18H29N3O2/c1-3-13(2)15-6-8-16(9-7-15)21-18(19)20-10-17(22)12-23-11-14-4-5-14/h6-9,13-14,17,22H,3-5,10-12H2,1-2H3,(H3,19,20,21). The van der Waals surface area contributed by atoms with Gasteiger partial charge in [0, 0.05) is 12.3 Å². The summed E-state index contributed by atoms with van der Waals surface area (Å²) in [5, 5.41) is 12.8. The van der Waals surface area contributed by atoms with E-state index in [0.29, 0.717) is 24.4 Å². The monoisotopic (exact) mass is 319 g/mol. The highest BCUT2D eigenvalue weighted by molar-refractivity contribution is 5.92. The summed E-state index contributed by atoms with van der Waals surface area (Å²) in [5.74, 6) is 1.57. The maximum absolute atomic E-state index is 9.81. The summed E-state index contributed by atoms with van der Waals surface area (Å²) < 4.78 is 5.44. The van der Waals surface area contributed by atoms with Crippen LogP contribution < -0.4 is 11.1 Å². The Morgan fingerprint density at radius 2 is 2.09 bits per heavy atom. The zero-order chi connectivity index (χ0) is 16.7. The van der Waals surface area contributed by atoms with E-state index in [-0.39, 0.29) is 6.54 Å². The van der Waals surface area contributed by atoms with Crippen LogP contribution in [0.2, 0.25) is 0 Å². The van der Waals surface area contributed by atoms with E-state index in [1.807, 2.05) is 12.1 Å². The lowest BCUT2D eigenvalue weighted by Gasteiger charge is -2.12. The van der Waals surface area contributed by atoms with Crippen molar-refractivity contribution in [1.82, 2.24) is 0 Å². The highest BCUT2D eigenvalue weighted by Crippen LogP contribution is 2.28. The fraction of sp³-hybridized carbons (Fsp3) is 0.611. The number of nitrogens with one attached hydrogen (secondary N) is 1. The largest absolute Gasteiger partial charge is 0.389 e. The van der Waals surface area contributed by atoms with Crippen molar-refractivity contribution in [1.29, 1.82) is 0 Å². The molecule has 23 heavy (non-hydrogen) atoms. The Labute approximate surface area is 138 Å². The first-order valence-electron chi connectivity index (χ1n) is 8.51. The van der Waals surface area contributed by atoms with Gasteiger partial charge in [0.2, 0.25) is 0 Å². The number of aliphatic hydroxyl groups excluding tert-OH is 1. The molecule has 0 bridgehead atoms. The maximum Gasteiger partial charge on any atom is 0.193 e. The molecular formula is C18H29N3O2. The lowest BCUT2D eigenvalue weighted by atomic mass is 9.99. The second-order valence-corrected chi connectivity index (χ2v) is 6.42. The molecule has 2 rings (SSSR count). The zero-order valence-electron chi connectivity index (χ0n) is 14.2. The van der Waals surface area contributed by atoms with E-state index in [4.69, 9.17) is 10.5 Å². The molecule has 2 unspecified atom stereocenters. The van der Waals surface area contributed by atoms with Crippen LogP contribution in [-0.4, -0.2) is 36.9 Å². The van der Waals surface area contributed by atoms with Gasteiger partial charge in [-0.3, -0.25) is 4.99 Å². The first-order valence-corrected chi connectivity index (χ1v) is 8.51. The molecule has 1 saturated carbocycles. The molecule has 1 aliphatic carbocycles. The van der Waals surface area contributed by atoms with Gasteiger partial charge < -0.3 is 20.9 Å². The molecule has 2 atom stereocenters. The normalized spacial score (nSPS) is 17.8. The third kappa shape index (κ3) is 6.59. The van der Waals surface area contributed by atoms with Crippen LogP contribution in [-0.2, 0) is 4.74 Å². The summed E-state index contributed by atoms with van der Waals surface area (Å²) in [5.41, 5.74) is 8.07. The molecule has 1 aromatic carbocycles. The molecule has 0 heterocycles. The lowest BCUT2D eigenvalue weighted by molar-refractivity contribution is 0.0369. The first-order chi connectivity index (χ1) is 11.1. The highest BCUT2D eigenvalue weighted by atomic mass is 16.5. The van der Waals surface area contributed by atoms with E-state index in [1.54, 1.807) is 0 Å². The van der Waals surface area contributed by atoms with Crippen LogP contribution in [0.4, 0.5) is 5.69 Å². The van der Waals surface area contributed by atoms with Gasteiger partial charge in [-0.2, -0.15) is 0 Å². The van der Waals surface area contributed by atoms with Crippen molar-refractivity contribution in [2.75, 3.05) is 25.1 Å². The maximum atomic E-state index is 9.81. The predicted octanol–water partition coefficient (Wildman–Crippen LogP) is 2.71. The molecule has 0 radical (unpaired) electrons. The Kier molecular flexibility index (Phi) is 6.86. The average molecular weight is 319 g/mol. The molecule has 4 N–H and O–H groups in total.